The molecule has 0 spiro atoms. The van der Waals surface area contributed by atoms with Gasteiger partial charge in [-0.05, 0) is 68.0 Å². The first-order valence-electron chi connectivity index (χ1n) is 6.01. The molecule has 0 fully saturated rings. The molecule has 3 heteroatoms. The Labute approximate surface area is 117 Å². The maximum absolute atomic E-state index is 3.57. The van der Waals surface area contributed by atoms with Crippen molar-refractivity contribution < 1.29 is 0 Å². The third-order valence-electron chi connectivity index (χ3n) is 2.42. The van der Waals surface area contributed by atoms with Gasteiger partial charge >= 0.3 is 0 Å². The molecule has 0 saturated heterocycles. The van der Waals surface area contributed by atoms with Crippen molar-refractivity contribution in [3.8, 4) is 0 Å². The minimum Gasteiger partial charge on any atom is -0.312 e. The SMILES string of the molecule is CC(=CCCNC(C)(C)C)Cc1sccc1Br. The Balaban J connectivity index is 2.33. The smallest absolute Gasteiger partial charge is 0.0317 e. The second-order valence-corrected chi connectivity index (χ2v) is 7.24. The summed E-state index contributed by atoms with van der Waals surface area (Å²) in [5.41, 5.74) is 1.67. The van der Waals surface area contributed by atoms with Gasteiger partial charge in [-0.2, -0.15) is 0 Å². The van der Waals surface area contributed by atoms with Crippen LogP contribution in [0.3, 0.4) is 0 Å². The summed E-state index contributed by atoms with van der Waals surface area (Å²) in [4.78, 5) is 1.42. The van der Waals surface area contributed by atoms with Crippen LogP contribution in [-0.2, 0) is 6.42 Å². The van der Waals surface area contributed by atoms with Crippen molar-refractivity contribution in [3.63, 3.8) is 0 Å². The van der Waals surface area contributed by atoms with Gasteiger partial charge in [-0.25, -0.2) is 0 Å². The van der Waals surface area contributed by atoms with Crippen molar-refractivity contribution in [2.45, 2.75) is 46.1 Å². The van der Waals surface area contributed by atoms with Gasteiger partial charge < -0.3 is 5.32 Å². The molecule has 1 nitrogen and oxygen atoms in total. The average molecular weight is 316 g/mol. The van der Waals surface area contributed by atoms with E-state index in [1.54, 1.807) is 0 Å². The third-order valence-corrected chi connectivity index (χ3v) is 4.35. The third kappa shape index (κ3) is 6.39. The highest BCUT2D eigenvalue weighted by Gasteiger charge is 2.06. The van der Waals surface area contributed by atoms with Gasteiger partial charge in [0.1, 0.15) is 0 Å². The lowest BCUT2D eigenvalue weighted by Crippen LogP contribution is -2.36. The maximum atomic E-state index is 3.57. The number of allylic oxidation sites excluding steroid dienone is 1. The van der Waals surface area contributed by atoms with Crippen molar-refractivity contribution in [3.05, 3.63) is 32.4 Å². The minimum absolute atomic E-state index is 0.221. The fraction of sp³-hybridized carbons (Fsp3) is 0.571. The summed E-state index contributed by atoms with van der Waals surface area (Å²) in [6, 6.07) is 2.12. The van der Waals surface area contributed by atoms with Gasteiger partial charge in [0.15, 0.2) is 0 Å². The molecule has 0 unspecified atom stereocenters. The molecule has 0 bridgehead atoms. The van der Waals surface area contributed by atoms with Gasteiger partial charge in [-0.1, -0.05) is 11.6 Å². The van der Waals surface area contributed by atoms with Crippen molar-refractivity contribution in [1.29, 1.82) is 0 Å². The molecule has 0 amide bonds. The monoisotopic (exact) mass is 315 g/mol. The van der Waals surface area contributed by atoms with Crippen molar-refractivity contribution in [2.24, 2.45) is 0 Å². The molecule has 1 rings (SSSR count). The Morgan fingerprint density at radius 1 is 1.47 bits per heavy atom. The molecule has 1 aromatic heterocycles. The Bertz CT molecular complexity index is 374. The Morgan fingerprint density at radius 2 is 2.18 bits per heavy atom. The summed E-state index contributed by atoms with van der Waals surface area (Å²) >= 11 is 5.39. The summed E-state index contributed by atoms with van der Waals surface area (Å²) in [5, 5.41) is 5.63. The number of hydrogen-bond acceptors (Lipinski definition) is 2. The van der Waals surface area contributed by atoms with Crippen LogP contribution in [0, 0.1) is 0 Å². The highest BCUT2D eigenvalue weighted by atomic mass is 79.9. The summed E-state index contributed by atoms with van der Waals surface area (Å²) < 4.78 is 1.24. The van der Waals surface area contributed by atoms with Crippen LogP contribution < -0.4 is 5.32 Å². The molecule has 0 atom stereocenters. The van der Waals surface area contributed by atoms with Gasteiger partial charge in [0.05, 0.1) is 0 Å². The van der Waals surface area contributed by atoms with Crippen molar-refractivity contribution >= 4 is 27.3 Å². The molecule has 96 valence electrons. The van der Waals surface area contributed by atoms with E-state index in [2.05, 4.69) is 66.5 Å². The second-order valence-electron chi connectivity index (χ2n) is 5.38. The predicted molar refractivity (Wildman–Crippen MR) is 81.9 cm³/mol. The van der Waals surface area contributed by atoms with E-state index in [4.69, 9.17) is 0 Å². The van der Waals surface area contributed by atoms with E-state index < -0.39 is 0 Å². The minimum atomic E-state index is 0.221. The number of hydrogen-bond donors (Lipinski definition) is 1. The molecule has 0 aliphatic carbocycles. The van der Waals surface area contributed by atoms with Crippen LogP contribution >= 0.6 is 27.3 Å². The number of halogens is 1. The molecule has 0 radical (unpaired) electrons. The van der Waals surface area contributed by atoms with Gasteiger partial charge in [0.25, 0.3) is 0 Å². The molecule has 1 heterocycles. The molecule has 0 saturated carbocycles. The van der Waals surface area contributed by atoms with Crippen LogP contribution in [0.5, 0.6) is 0 Å². The standard InChI is InChI=1S/C14H22BrNS/c1-11(6-5-8-16-14(2,3)4)10-13-12(15)7-9-17-13/h6-7,9,16H,5,8,10H2,1-4H3. The van der Waals surface area contributed by atoms with Gasteiger partial charge in [-0.3, -0.25) is 0 Å². The normalized spacial score (nSPS) is 13.1. The Kier molecular flexibility index (Phi) is 5.90. The molecule has 17 heavy (non-hydrogen) atoms. The number of rotatable bonds is 5. The first-order valence-corrected chi connectivity index (χ1v) is 7.68. The molecule has 1 aromatic rings. The first-order chi connectivity index (χ1) is 7.88. The number of nitrogens with one attached hydrogen (secondary N) is 1. The summed E-state index contributed by atoms with van der Waals surface area (Å²) in [7, 11) is 0. The summed E-state index contributed by atoms with van der Waals surface area (Å²) in [6.07, 6.45) is 4.50. The Hall–Kier alpha value is -0.120. The first kappa shape index (κ1) is 14.9. The zero-order valence-corrected chi connectivity index (χ0v) is 13.5. The van der Waals surface area contributed by atoms with Crippen LogP contribution in [-0.4, -0.2) is 12.1 Å². The van der Waals surface area contributed by atoms with Crippen LogP contribution in [0.4, 0.5) is 0 Å². The molecule has 0 aliphatic heterocycles. The topological polar surface area (TPSA) is 12.0 Å². The van der Waals surface area contributed by atoms with E-state index in [1.165, 1.54) is 14.9 Å². The van der Waals surface area contributed by atoms with E-state index in [-0.39, 0.29) is 5.54 Å². The van der Waals surface area contributed by atoms with E-state index in [0.717, 1.165) is 19.4 Å². The van der Waals surface area contributed by atoms with Crippen molar-refractivity contribution in [2.75, 3.05) is 6.54 Å². The highest BCUT2D eigenvalue weighted by molar-refractivity contribution is 9.10. The summed E-state index contributed by atoms with van der Waals surface area (Å²) in [6.45, 7) is 9.86. The zero-order chi connectivity index (χ0) is 12.9. The fourth-order valence-electron chi connectivity index (χ4n) is 1.54. The van der Waals surface area contributed by atoms with Gasteiger partial charge in [0.2, 0.25) is 0 Å². The highest BCUT2D eigenvalue weighted by Crippen LogP contribution is 2.25. The lowest BCUT2D eigenvalue weighted by molar-refractivity contribution is 0.431. The molecule has 1 N–H and O–H groups in total. The van der Waals surface area contributed by atoms with Gasteiger partial charge in [-0.15, -0.1) is 11.3 Å². The van der Waals surface area contributed by atoms with E-state index in [9.17, 15) is 0 Å². The van der Waals surface area contributed by atoms with E-state index in [0.29, 0.717) is 0 Å². The van der Waals surface area contributed by atoms with Gasteiger partial charge in [0, 0.05) is 21.3 Å². The van der Waals surface area contributed by atoms with Crippen LogP contribution in [0.2, 0.25) is 0 Å². The second kappa shape index (κ2) is 6.72. The fourth-order valence-corrected chi connectivity index (χ4v) is 3.13. The quantitative estimate of drug-likeness (QED) is 0.609. The zero-order valence-electron chi connectivity index (χ0n) is 11.1. The molecular formula is C14H22BrNS. The molecular weight excluding hydrogens is 294 g/mol. The Morgan fingerprint density at radius 3 is 2.71 bits per heavy atom. The lowest BCUT2D eigenvalue weighted by Gasteiger charge is -2.19. The van der Waals surface area contributed by atoms with Crippen LogP contribution in [0.25, 0.3) is 0 Å². The van der Waals surface area contributed by atoms with Crippen LogP contribution in [0.1, 0.15) is 39.0 Å². The average Bonchev–Trinajstić information content (AvgIpc) is 2.58. The summed E-state index contributed by atoms with van der Waals surface area (Å²) in [5.74, 6) is 0. The van der Waals surface area contributed by atoms with Crippen molar-refractivity contribution in [1.82, 2.24) is 5.32 Å². The molecule has 0 aromatic carbocycles. The largest absolute Gasteiger partial charge is 0.312 e. The van der Waals surface area contributed by atoms with E-state index in [1.807, 2.05) is 11.3 Å². The lowest BCUT2D eigenvalue weighted by atomic mass is 10.1. The van der Waals surface area contributed by atoms with Crippen LogP contribution in [0.15, 0.2) is 27.6 Å². The number of thiophene rings is 1. The van der Waals surface area contributed by atoms with E-state index >= 15 is 0 Å². The molecule has 0 aliphatic rings. The predicted octanol–water partition coefficient (Wildman–Crippen LogP) is 4.78. The maximum Gasteiger partial charge on any atom is 0.0317 e.